The molecular weight excluding hydrogens is 172 g/mol. The molecule has 0 radical (unpaired) electrons. The van der Waals surface area contributed by atoms with E-state index in [1.807, 2.05) is 5.32 Å². The van der Waals surface area contributed by atoms with E-state index in [9.17, 15) is 9.59 Å². The van der Waals surface area contributed by atoms with Crippen LogP contribution in [-0.2, 0) is 4.79 Å². The van der Waals surface area contributed by atoms with Crippen molar-refractivity contribution in [2.45, 2.75) is 6.42 Å². The first-order valence-electron chi connectivity index (χ1n) is 4.43. The first-order chi connectivity index (χ1) is 6.16. The second kappa shape index (κ2) is 2.99. The van der Waals surface area contributed by atoms with Gasteiger partial charge in [0.15, 0.2) is 0 Å². The minimum absolute atomic E-state index is 0.107. The molecule has 2 amide bonds. The molecule has 2 N–H and O–H groups in total. The van der Waals surface area contributed by atoms with E-state index in [2.05, 4.69) is 4.90 Å². The maximum absolute atomic E-state index is 11.3. The van der Waals surface area contributed by atoms with Crippen molar-refractivity contribution in [1.82, 2.24) is 10.2 Å². The maximum Gasteiger partial charge on any atom is 0.411 e. The number of carbonyl (C=O) groups is 2. The van der Waals surface area contributed by atoms with Gasteiger partial charge in [-0.1, -0.05) is 0 Å². The van der Waals surface area contributed by atoms with Crippen LogP contribution < -0.4 is 5.32 Å². The van der Waals surface area contributed by atoms with Gasteiger partial charge in [-0.25, -0.2) is 4.79 Å². The Morgan fingerprint density at radius 1 is 1.38 bits per heavy atom. The largest absolute Gasteiger partial charge is 0.465 e. The van der Waals surface area contributed by atoms with Crippen LogP contribution in [0.3, 0.4) is 0 Å². The molecule has 0 aromatic carbocycles. The Hall–Kier alpha value is -1.10. The third-order valence-electron chi connectivity index (χ3n) is 2.90. The summed E-state index contributed by atoms with van der Waals surface area (Å²) in [6.45, 7) is 2.74. The van der Waals surface area contributed by atoms with Crippen LogP contribution in [0.5, 0.6) is 0 Å². The predicted molar refractivity (Wildman–Crippen MR) is 44.2 cm³/mol. The molecule has 2 bridgehead atoms. The molecule has 1 unspecified atom stereocenters. The number of hydrogen-bond acceptors (Lipinski definition) is 3. The smallest absolute Gasteiger partial charge is 0.411 e. The van der Waals surface area contributed by atoms with Gasteiger partial charge in [-0.3, -0.25) is 10.1 Å². The summed E-state index contributed by atoms with van der Waals surface area (Å²) < 4.78 is 0. The zero-order chi connectivity index (χ0) is 9.42. The van der Waals surface area contributed by atoms with Crippen molar-refractivity contribution in [3.63, 3.8) is 0 Å². The van der Waals surface area contributed by atoms with Crippen molar-refractivity contribution in [3.05, 3.63) is 0 Å². The van der Waals surface area contributed by atoms with E-state index in [0.29, 0.717) is 5.92 Å². The van der Waals surface area contributed by atoms with Crippen LogP contribution in [0, 0.1) is 11.8 Å². The van der Waals surface area contributed by atoms with Crippen LogP contribution >= 0.6 is 0 Å². The average Bonchev–Trinajstić information content (AvgIpc) is 2.62. The lowest BCUT2D eigenvalue weighted by Gasteiger charge is -2.19. The van der Waals surface area contributed by atoms with Gasteiger partial charge < -0.3 is 10.0 Å². The summed E-state index contributed by atoms with van der Waals surface area (Å²) in [4.78, 5) is 23.8. The summed E-state index contributed by atoms with van der Waals surface area (Å²) in [5, 5.41) is 10.3. The minimum Gasteiger partial charge on any atom is -0.465 e. The van der Waals surface area contributed by atoms with Gasteiger partial charge in [0.2, 0.25) is 5.91 Å². The van der Waals surface area contributed by atoms with Gasteiger partial charge in [-0.15, -0.1) is 0 Å². The number of hydrogen-bond donors (Lipinski definition) is 2. The summed E-state index contributed by atoms with van der Waals surface area (Å²) >= 11 is 0. The van der Waals surface area contributed by atoms with Gasteiger partial charge in [0.05, 0.1) is 5.92 Å². The average molecular weight is 184 g/mol. The van der Waals surface area contributed by atoms with Gasteiger partial charge in [0, 0.05) is 13.1 Å². The summed E-state index contributed by atoms with van der Waals surface area (Å²) in [6.07, 6.45) is -0.222. The van der Waals surface area contributed by atoms with Gasteiger partial charge in [-0.05, 0) is 18.9 Å². The highest BCUT2D eigenvalue weighted by Crippen LogP contribution is 2.32. The van der Waals surface area contributed by atoms with Crippen LogP contribution in [0.2, 0.25) is 0 Å². The van der Waals surface area contributed by atoms with Gasteiger partial charge in [-0.2, -0.15) is 0 Å². The molecular formula is C8H12N2O3. The Kier molecular flexibility index (Phi) is 1.95. The van der Waals surface area contributed by atoms with Crippen LogP contribution in [0.15, 0.2) is 0 Å². The van der Waals surface area contributed by atoms with Crippen molar-refractivity contribution >= 4 is 12.0 Å². The molecule has 5 nitrogen and oxygen atoms in total. The fourth-order valence-corrected chi connectivity index (χ4v) is 2.28. The standard InChI is InChI=1S/C8H12N2O3/c11-7(9-8(12)13)6-4-10-2-1-5(6)3-10/h5-6H,1-4H2,(H,9,11)(H,12,13)/t5-,6-/m1/s1. The highest BCUT2D eigenvalue weighted by molar-refractivity contribution is 5.92. The van der Waals surface area contributed by atoms with E-state index in [0.717, 1.165) is 26.1 Å². The lowest BCUT2D eigenvalue weighted by atomic mass is 9.92. The molecule has 5 heteroatoms. The molecule has 0 aromatic rings. The third-order valence-corrected chi connectivity index (χ3v) is 2.90. The van der Waals surface area contributed by atoms with E-state index < -0.39 is 6.09 Å². The Bertz CT molecular complexity index is 254. The molecule has 2 aliphatic rings. The Labute approximate surface area is 75.7 Å². The summed E-state index contributed by atoms with van der Waals surface area (Å²) in [6, 6.07) is 0. The summed E-state index contributed by atoms with van der Waals surface area (Å²) in [5.41, 5.74) is 0. The lowest BCUT2D eigenvalue weighted by molar-refractivity contribution is -0.125. The molecule has 2 heterocycles. The Morgan fingerprint density at radius 3 is 2.62 bits per heavy atom. The van der Waals surface area contributed by atoms with Crippen molar-refractivity contribution < 1.29 is 14.7 Å². The molecule has 2 rings (SSSR count). The number of carboxylic acid groups (broad SMARTS) is 1. The van der Waals surface area contributed by atoms with Crippen molar-refractivity contribution in [2.24, 2.45) is 11.8 Å². The third kappa shape index (κ3) is 1.51. The van der Waals surface area contributed by atoms with Gasteiger partial charge in [0.25, 0.3) is 0 Å². The van der Waals surface area contributed by atoms with Crippen LogP contribution in [0.4, 0.5) is 4.79 Å². The number of rotatable bonds is 1. The number of imide groups is 1. The molecule has 2 saturated heterocycles. The van der Waals surface area contributed by atoms with Crippen LogP contribution in [0.25, 0.3) is 0 Å². The molecule has 0 aliphatic carbocycles. The lowest BCUT2D eigenvalue weighted by Crippen LogP contribution is -2.40. The van der Waals surface area contributed by atoms with Crippen LogP contribution in [-0.4, -0.2) is 41.6 Å². The first-order valence-corrected chi connectivity index (χ1v) is 4.43. The first kappa shape index (κ1) is 8.50. The van der Waals surface area contributed by atoms with Gasteiger partial charge >= 0.3 is 6.09 Å². The predicted octanol–water partition coefficient (Wildman–Crippen LogP) is -0.268. The van der Waals surface area contributed by atoms with E-state index in [1.54, 1.807) is 0 Å². The van der Waals surface area contributed by atoms with Gasteiger partial charge in [0.1, 0.15) is 0 Å². The SMILES string of the molecule is O=C(O)NC(=O)[C@@H]1CN2CC[C@@H]1C2. The highest BCUT2D eigenvalue weighted by atomic mass is 16.4. The van der Waals surface area contributed by atoms with E-state index in [-0.39, 0.29) is 11.8 Å². The molecule has 2 aliphatic heterocycles. The number of nitrogens with one attached hydrogen (secondary N) is 1. The van der Waals surface area contributed by atoms with E-state index >= 15 is 0 Å². The number of piperidine rings is 1. The highest BCUT2D eigenvalue weighted by Gasteiger charge is 2.42. The maximum atomic E-state index is 11.3. The quantitative estimate of drug-likeness (QED) is 0.588. The number of fused-ring (bicyclic) bond motifs is 2. The van der Waals surface area contributed by atoms with E-state index in [4.69, 9.17) is 5.11 Å². The molecule has 2 fully saturated rings. The molecule has 0 aromatic heterocycles. The van der Waals surface area contributed by atoms with Crippen molar-refractivity contribution in [3.8, 4) is 0 Å². The molecule has 13 heavy (non-hydrogen) atoms. The molecule has 0 spiro atoms. The molecule has 72 valence electrons. The monoisotopic (exact) mass is 184 g/mol. The van der Waals surface area contributed by atoms with Crippen LogP contribution in [0.1, 0.15) is 6.42 Å². The van der Waals surface area contributed by atoms with Crippen molar-refractivity contribution in [2.75, 3.05) is 19.6 Å². The number of amides is 2. The Balaban J connectivity index is 1.95. The summed E-state index contributed by atoms with van der Waals surface area (Å²) in [7, 11) is 0. The normalized spacial score (nSPS) is 36.2. The second-order valence-electron chi connectivity index (χ2n) is 3.71. The summed E-state index contributed by atoms with van der Waals surface area (Å²) in [5.74, 6) is -0.0658. The zero-order valence-corrected chi connectivity index (χ0v) is 7.19. The number of carbonyl (C=O) groups excluding carboxylic acids is 1. The second-order valence-corrected chi connectivity index (χ2v) is 3.71. The fourth-order valence-electron chi connectivity index (χ4n) is 2.28. The number of nitrogens with zero attached hydrogens (tertiary/aromatic N) is 1. The minimum atomic E-state index is -1.25. The molecule has 0 saturated carbocycles. The Morgan fingerprint density at radius 2 is 2.15 bits per heavy atom. The fraction of sp³-hybridized carbons (Fsp3) is 0.750. The topological polar surface area (TPSA) is 69.6 Å². The molecule has 3 atom stereocenters. The van der Waals surface area contributed by atoms with E-state index in [1.165, 1.54) is 0 Å². The van der Waals surface area contributed by atoms with Crippen molar-refractivity contribution in [1.29, 1.82) is 0 Å². The zero-order valence-electron chi connectivity index (χ0n) is 7.19.